The minimum Gasteiger partial charge on any atom is -0.341 e. The molecule has 1 aromatic heterocycles. The van der Waals surface area contributed by atoms with E-state index < -0.39 is 0 Å². The molecule has 0 spiro atoms. The van der Waals surface area contributed by atoms with E-state index in [1.54, 1.807) is 11.1 Å². The third-order valence-corrected chi connectivity index (χ3v) is 4.12. The third kappa shape index (κ3) is 3.15. The van der Waals surface area contributed by atoms with Crippen molar-refractivity contribution in [3.63, 3.8) is 0 Å². The van der Waals surface area contributed by atoms with Gasteiger partial charge in [-0.2, -0.15) is 0 Å². The van der Waals surface area contributed by atoms with Crippen molar-refractivity contribution in [2.45, 2.75) is 18.8 Å². The maximum absolute atomic E-state index is 11.9. The molecule has 1 aromatic rings. The number of likely N-dealkylation sites (tertiary alicyclic amines) is 2. The molecule has 0 saturated carbocycles. The average molecular weight is 288 g/mol. The van der Waals surface area contributed by atoms with Gasteiger partial charge < -0.3 is 15.1 Å². The molecule has 1 N–H and O–H groups in total. The molecular formula is C15H20N4O2. The smallest absolute Gasteiger partial charge is 0.317 e. The van der Waals surface area contributed by atoms with Crippen molar-refractivity contribution in [1.29, 1.82) is 0 Å². The minimum atomic E-state index is -0.158. The Labute approximate surface area is 124 Å². The van der Waals surface area contributed by atoms with Crippen LogP contribution in [0.4, 0.5) is 4.79 Å². The Kier molecular flexibility index (Phi) is 4.03. The Morgan fingerprint density at radius 2 is 1.95 bits per heavy atom. The summed E-state index contributed by atoms with van der Waals surface area (Å²) >= 11 is 0. The number of nitrogens with zero attached hydrogens (tertiary/aromatic N) is 3. The number of pyridine rings is 1. The standard InChI is InChI=1S/C15H20N4O2/c20-14(18-7-3-4-8-18)9-17-15(21)19-10-12(11-19)13-5-1-2-6-16-13/h1-2,5-6,12H,3-4,7-11H2,(H,17,21). The summed E-state index contributed by atoms with van der Waals surface area (Å²) in [7, 11) is 0. The number of urea groups is 1. The second-order valence-electron chi connectivity index (χ2n) is 5.60. The summed E-state index contributed by atoms with van der Waals surface area (Å²) in [6.07, 6.45) is 3.90. The van der Waals surface area contributed by atoms with Gasteiger partial charge in [-0.1, -0.05) is 6.07 Å². The number of amides is 3. The predicted octanol–water partition coefficient (Wildman–Crippen LogP) is 0.813. The van der Waals surface area contributed by atoms with Crippen LogP contribution in [0.3, 0.4) is 0 Å². The van der Waals surface area contributed by atoms with Gasteiger partial charge in [-0.15, -0.1) is 0 Å². The second-order valence-corrected chi connectivity index (χ2v) is 5.60. The van der Waals surface area contributed by atoms with E-state index in [1.807, 2.05) is 23.1 Å². The summed E-state index contributed by atoms with van der Waals surface area (Å²) in [4.78, 5) is 31.6. The van der Waals surface area contributed by atoms with Gasteiger partial charge in [0.25, 0.3) is 0 Å². The molecule has 6 nitrogen and oxygen atoms in total. The zero-order valence-electron chi connectivity index (χ0n) is 12.0. The Morgan fingerprint density at radius 1 is 1.19 bits per heavy atom. The fraction of sp³-hybridized carbons (Fsp3) is 0.533. The summed E-state index contributed by atoms with van der Waals surface area (Å²) < 4.78 is 0. The zero-order valence-corrected chi connectivity index (χ0v) is 12.0. The highest BCUT2D eigenvalue weighted by Gasteiger charge is 2.32. The lowest BCUT2D eigenvalue weighted by atomic mass is 9.96. The predicted molar refractivity (Wildman–Crippen MR) is 77.8 cm³/mol. The first kappa shape index (κ1) is 13.9. The second kappa shape index (κ2) is 6.11. The summed E-state index contributed by atoms with van der Waals surface area (Å²) in [5.74, 6) is 0.328. The zero-order chi connectivity index (χ0) is 14.7. The Bertz CT molecular complexity index is 508. The van der Waals surface area contributed by atoms with Crippen molar-refractivity contribution in [3.05, 3.63) is 30.1 Å². The topological polar surface area (TPSA) is 65.5 Å². The number of hydrogen-bond acceptors (Lipinski definition) is 3. The van der Waals surface area contributed by atoms with E-state index in [4.69, 9.17) is 0 Å². The van der Waals surface area contributed by atoms with Crippen molar-refractivity contribution >= 4 is 11.9 Å². The van der Waals surface area contributed by atoms with Gasteiger partial charge in [0.15, 0.2) is 0 Å². The van der Waals surface area contributed by atoms with Crippen LogP contribution < -0.4 is 5.32 Å². The van der Waals surface area contributed by atoms with Crippen LogP contribution in [0.5, 0.6) is 0 Å². The number of rotatable bonds is 3. The molecule has 2 aliphatic heterocycles. The molecule has 3 heterocycles. The lowest BCUT2D eigenvalue weighted by Crippen LogP contribution is -2.54. The summed E-state index contributed by atoms with van der Waals surface area (Å²) in [6, 6.07) is 5.67. The Hall–Kier alpha value is -2.11. The molecule has 2 saturated heterocycles. The van der Waals surface area contributed by atoms with E-state index in [1.165, 1.54) is 0 Å². The van der Waals surface area contributed by atoms with Crippen LogP contribution in [-0.2, 0) is 4.79 Å². The lowest BCUT2D eigenvalue weighted by molar-refractivity contribution is -0.129. The largest absolute Gasteiger partial charge is 0.341 e. The van der Waals surface area contributed by atoms with Gasteiger partial charge in [-0.05, 0) is 25.0 Å². The number of hydrogen-bond donors (Lipinski definition) is 1. The van der Waals surface area contributed by atoms with Crippen molar-refractivity contribution < 1.29 is 9.59 Å². The molecule has 0 aliphatic carbocycles. The van der Waals surface area contributed by atoms with Gasteiger partial charge >= 0.3 is 6.03 Å². The molecule has 0 unspecified atom stereocenters. The average Bonchev–Trinajstić information content (AvgIpc) is 2.98. The van der Waals surface area contributed by atoms with Crippen LogP contribution in [0, 0.1) is 0 Å². The quantitative estimate of drug-likeness (QED) is 0.895. The highest BCUT2D eigenvalue weighted by molar-refractivity contribution is 5.84. The van der Waals surface area contributed by atoms with Gasteiger partial charge in [0.1, 0.15) is 0 Å². The highest BCUT2D eigenvalue weighted by Crippen LogP contribution is 2.24. The van der Waals surface area contributed by atoms with Crippen LogP contribution in [0.1, 0.15) is 24.5 Å². The molecule has 0 bridgehead atoms. The summed E-state index contributed by atoms with van der Waals surface area (Å²) in [5.41, 5.74) is 1.02. The Balaban J connectivity index is 1.40. The van der Waals surface area contributed by atoms with Crippen molar-refractivity contribution in [2.75, 3.05) is 32.7 Å². The van der Waals surface area contributed by atoms with Crippen LogP contribution in [-0.4, -0.2) is 59.4 Å². The van der Waals surface area contributed by atoms with E-state index in [2.05, 4.69) is 10.3 Å². The first-order chi connectivity index (χ1) is 10.2. The molecule has 0 radical (unpaired) electrons. The fourth-order valence-electron chi connectivity index (χ4n) is 2.79. The Morgan fingerprint density at radius 3 is 2.62 bits per heavy atom. The highest BCUT2D eigenvalue weighted by atomic mass is 16.2. The minimum absolute atomic E-state index is 0.0163. The van der Waals surface area contributed by atoms with E-state index in [0.29, 0.717) is 19.0 Å². The first-order valence-corrected chi connectivity index (χ1v) is 7.45. The number of nitrogens with one attached hydrogen (secondary N) is 1. The SMILES string of the molecule is O=C(CNC(=O)N1CC(c2ccccn2)C1)N1CCCC1. The molecule has 2 fully saturated rings. The van der Waals surface area contributed by atoms with Crippen LogP contribution in [0.2, 0.25) is 0 Å². The molecule has 21 heavy (non-hydrogen) atoms. The molecule has 2 aliphatic rings. The fourth-order valence-corrected chi connectivity index (χ4v) is 2.79. The molecule has 0 aromatic carbocycles. The van der Waals surface area contributed by atoms with Gasteiger partial charge in [0.2, 0.25) is 5.91 Å². The van der Waals surface area contributed by atoms with Crippen LogP contribution >= 0.6 is 0 Å². The van der Waals surface area contributed by atoms with Gasteiger partial charge in [0, 0.05) is 44.0 Å². The molecule has 112 valence electrons. The molecule has 3 rings (SSSR count). The van der Waals surface area contributed by atoms with Crippen LogP contribution in [0.25, 0.3) is 0 Å². The maximum atomic E-state index is 11.9. The van der Waals surface area contributed by atoms with Gasteiger partial charge in [0.05, 0.1) is 6.54 Å². The third-order valence-electron chi connectivity index (χ3n) is 4.12. The van der Waals surface area contributed by atoms with E-state index in [0.717, 1.165) is 31.6 Å². The number of carbonyl (C=O) groups is 2. The normalized spacial score (nSPS) is 18.5. The van der Waals surface area contributed by atoms with Gasteiger partial charge in [-0.3, -0.25) is 9.78 Å². The lowest BCUT2D eigenvalue weighted by Gasteiger charge is -2.38. The van der Waals surface area contributed by atoms with E-state index >= 15 is 0 Å². The molecule has 0 atom stereocenters. The first-order valence-electron chi connectivity index (χ1n) is 7.45. The molecule has 3 amide bonds. The van der Waals surface area contributed by atoms with Crippen molar-refractivity contribution in [1.82, 2.24) is 20.1 Å². The van der Waals surface area contributed by atoms with E-state index in [-0.39, 0.29) is 18.5 Å². The number of aromatic nitrogens is 1. The number of carbonyl (C=O) groups excluding carboxylic acids is 2. The molecular weight excluding hydrogens is 268 g/mol. The molecule has 6 heteroatoms. The monoisotopic (exact) mass is 288 g/mol. The maximum Gasteiger partial charge on any atom is 0.317 e. The van der Waals surface area contributed by atoms with Gasteiger partial charge in [-0.25, -0.2) is 4.79 Å². The van der Waals surface area contributed by atoms with Crippen molar-refractivity contribution in [3.8, 4) is 0 Å². The summed E-state index contributed by atoms with van der Waals surface area (Å²) in [5, 5.41) is 2.71. The summed E-state index contributed by atoms with van der Waals surface area (Å²) in [6.45, 7) is 3.07. The van der Waals surface area contributed by atoms with E-state index in [9.17, 15) is 9.59 Å². The van der Waals surface area contributed by atoms with Crippen LogP contribution in [0.15, 0.2) is 24.4 Å². The van der Waals surface area contributed by atoms with Crippen molar-refractivity contribution in [2.24, 2.45) is 0 Å².